The smallest absolute Gasteiger partial charge is 0.259 e. The van der Waals surface area contributed by atoms with Crippen molar-refractivity contribution in [2.24, 2.45) is 21.5 Å². The highest BCUT2D eigenvalue weighted by Gasteiger charge is 2.44. The first-order valence-electron chi connectivity index (χ1n) is 10.9. The molecule has 0 aromatic carbocycles. The van der Waals surface area contributed by atoms with Crippen molar-refractivity contribution in [2.45, 2.75) is 75.4 Å². The van der Waals surface area contributed by atoms with E-state index in [2.05, 4.69) is 4.40 Å². The van der Waals surface area contributed by atoms with E-state index in [1.54, 1.807) is 12.3 Å². The van der Waals surface area contributed by atoms with Crippen molar-refractivity contribution in [3.05, 3.63) is 23.3 Å². The number of nitrogens with zero attached hydrogens (tertiary/aromatic N) is 2. The molecule has 7 nitrogen and oxygen atoms in total. The van der Waals surface area contributed by atoms with Gasteiger partial charge >= 0.3 is 0 Å². The topological polar surface area (TPSA) is 111 Å². The van der Waals surface area contributed by atoms with Crippen molar-refractivity contribution in [1.29, 1.82) is 5.41 Å². The van der Waals surface area contributed by atoms with E-state index in [1.807, 2.05) is 0 Å². The van der Waals surface area contributed by atoms with Gasteiger partial charge in [0.2, 0.25) is 5.96 Å². The van der Waals surface area contributed by atoms with Crippen molar-refractivity contribution in [3.8, 4) is 5.75 Å². The number of rotatable bonds is 6. The van der Waals surface area contributed by atoms with Crippen LogP contribution < -0.4 is 16.0 Å². The number of ether oxygens (including phenoxy) is 1. The molecule has 0 radical (unpaired) electrons. The molecule has 8 heteroatoms. The second-order valence-electron chi connectivity index (χ2n) is 9.54. The third kappa shape index (κ3) is 4.09. The molecule has 1 aromatic rings. The molecule has 29 heavy (non-hydrogen) atoms. The van der Waals surface area contributed by atoms with Gasteiger partial charge < -0.3 is 10.5 Å². The van der Waals surface area contributed by atoms with Crippen LogP contribution in [0.5, 0.6) is 5.75 Å². The number of aromatic nitrogens is 1. The molecule has 0 aliphatic heterocycles. The van der Waals surface area contributed by atoms with Crippen molar-refractivity contribution in [3.63, 3.8) is 0 Å². The Morgan fingerprint density at radius 1 is 1.17 bits per heavy atom. The van der Waals surface area contributed by atoms with Crippen LogP contribution in [0.4, 0.5) is 0 Å². The fraction of sp³-hybridized carbons (Fsp3) is 0.714. The summed E-state index contributed by atoms with van der Waals surface area (Å²) in [5, 5.41) is 7.93. The standard InChI is InChI=1S/C21H30N4O3S/c22-19-11-18(28-13-14-5-7-21(8-6-14)9-10-21)17(15-1-2-15)12-25(19)20(23)24-29(26,27)16-3-4-16/h11-12,14-16,22H,1-10,13H2,(H2,23,24). The molecule has 0 atom stereocenters. The minimum atomic E-state index is -3.58. The summed E-state index contributed by atoms with van der Waals surface area (Å²) >= 11 is 0. The number of nitrogens with one attached hydrogen (secondary N) is 1. The highest BCUT2D eigenvalue weighted by molar-refractivity contribution is 7.91. The number of hydrogen-bond donors (Lipinski definition) is 2. The molecular formula is C21H30N4O3S. The van der Waals surface area contributed by atoms with Crippen LogP contribution in [0.2, 0.25) is 0 Å². The van der Waals surface area contributed by atoms with Crippen LogP contribution in [-0.4, -0.2) is 30.8 Å². The Labute approximate surface area is 171 Å². The van der Waals surface area contributed by atoms with Gasteiger partial charge in [0.05, 0.1) is 11.9 Å². The van der Waals surface area contributed by atoms with Crippen molar-refractivity contribution in [2.75, 3.05) is 6.61 Å². The average Bonchev–Trinajstić information content (AvgIpc) is 3.54. The van der Waals surface area contributed by atoms with Crippen LogP contribution in [0.15, 0.2) is 16.7 Å². The third-order valence-corrected chi connectivity index (χ3v) is 8.86. The summed E-state index contributed by atoms with van der Waals surface area (Å²) in [5.41, 5.74) is 7.77. The quantitative estimate of drug-likeness (QED) is 0.546. The van der Waals surface area contributed by atoms with E-state index in [4.69, 9.17) is 15.9 Å². The van der Waals surface area contributed by atoms with Gasteiger partial charge in [-0.05, 0) is 81.5 Å². The van der Waals surface area contributed by atoms with Crippen LogP contribution in [0.1, 0.15) is 75.7 Å². The Hall–Kier alpha value is -1.83. The van der Waals surface area contributed by atoms with Gasteiger partial charge in [-0.3, -0.25) is 9.98 Å². The first kappa shape index (κ1) is 19.2. The molecule has 3 N–H and O–H groups in total. The maximum atomic E-state index is 12.1. The zero-order chi connectivity index (χ0) is 20.2. The molecule has 0 saturated heterocycles. The molecule has 0 bridgehead atoms. The second kappa shape index (κ2) is 6.86. The van der Waals surface area contributed by atoms with Crippen LogP contribution in [-0.2, 0) is 10.0 Å². The Kier molecular flexibility index (Phi) is 4.53. The molecule has 1 heterocycles. The number of nitrogens with two attached hydrogens (primary N) is 1. The first-order chi connectivity index (χ1) is 13.9. The van der Waals surface area contributed by atoms with E-state index in [0.29, 0.717) is 36.7 Å². The average molecular weight is 419 g/mol. The van der Waals surface area contributed by atoms with E-state index in [0.717, 1.165) is 24.2 Å². The van der Waals surface area contributed by atoms with E-state index in [1.165, 1.54) is 43.1 Å². The number of pyridine rings is 1. The van der Waals surface area contributed by atoms with E-state index in [-0.39, 0.29) is 11.4 Å². The molecule has 4 saturated carbocycles. The summed E-state index contributed by atoms with van der Waals surface area (Å²) in [6, 6.07) is 1.67. The zero-order valence-electron chi connectivity index (χ0n) is 16.8. The molecule has 0 amide bonds. The Bertz CT molecular complexity index is 991. The maximum absolute atomic E-state index is 12.1. The second-order valence-corrected chi connectivity index (χ2v) is 11.4. The normalized spacial score (nSPS) is 24.6. The molecule has 158 valence electrons. The summed E-state index contributed by atoms with van der Waals surface area (Å²) in [6.07, 6.45) is 13.1. The Morgan fingerprint density at radius 2 is 1.86 bits per heavy atom. The predicted molar refractivity (Wildman–Crippen MR) is 110 cm³/mol. The van der Waals surface area contributed by atoms with Crippen molar-refractivity contribution >= 4 is 16.0 Å². The summed E-state index contributed by atoms with van der Waals surface area (Å²) in [4.78, 5) is 0. The van der Waals surface area contributed by atoms with Gasteiger partial charge in [0.1, 0.15) is 11.2 Å². The van der Waals surface area contributed by atoms with Gasteiger partial charge in [0.15, 0.2) is 0 Å². The summed E-state index contributed by atoms with van der Waals surface area (Å²) in [6.45, 7) is 0.693. The van der Waals surface area contributed by atoms with Crippen molar-refractivity contribution in [1.82, 2.24) is 4.57 Å². The molecule has 5 rings (SSSR count). The van der Waals surface area contributed by atoms with Gasteiger partial charge in [-0.25, -0.2) is 8.42 Å². The van der Waals surface area contributed by atoms with Gasteiger partial charge in [0, 0.05) is 17.8 Å². The van der Waals surface area contributed by atoms with Crippen LogP contribution in [0, 0.1) is 16.7 Å². The molecule has 4 fully saturated rings. The fourth-order valence-electron chi connectivity index (χ4n) is 4.52. The fourth-order valence-corrected chi connectivity index (χ4v) is 5.75. The lowest BCUT2D eigenvalue weighted by Gasteiger charge is -2.28. The first-order valence-corrected chi connectivity index (χ1v) is 12.4. The number of sulfonamides is 1. The number of hydrogen-bond acceptors (Lipinski definition) is 4. The molecule has 1 spiro atoms. The summed E-state index contributed by atoms with van der Waals surface area (Å²) < 4.78 is 35.6. The molecular weight excluding hydrogens is 388 g/mol. The zero-order valence-corrected chi connectivity index (χ0v) is 17.6. The van der Waals surface area contributed by atoms with E-state index in [9.17, 15) is 8.42 Å². The lowest BCUT2D eigenvalue weighted by molar-refractivity contribution is 0.173. The molecule has 4 aliphatic rings. The van der Waals surface area contributed by atoms with E-state index < -0.39 is 15.3 Å². The van der Waals surface area contributed by atoms with Crippen LogP contribution in [0.3, 0.4) is 0 Å². The highest BCUT2D eigenvalue weighted by Crippen LogP contribution is 2.57. The van der Waals surface area contributed by atoms with Gasteiger partial charge in [-0.15, -0.1) is 4.40 Å². The maximum Gasteiger partial charge on any atom is 0.259 e. The largest absolute Gasteiger partial charge is 0.493 e. The van der Waals surface area contributed by atoms with Gasteiger partial charge in [0.25, 0.3) is 10.0 Å². The SMILES string of the molecule is N=c1cc(OCC2CCC3(CC2)CC3)c(C2CC2)cn1C(N)=NS(=O)(=O)C1CC1. The van der Waals surface area contributed by atoms with Crippen molar-refractivity contribution < 1.29 is 13.2 Å². The highest BCUT2D eigenvalue weighted by atomic mass is 32.2. The van der Waals surface area contributed by atoms with E-state index >= 15 is 0 Å². The predicted octanol–water partition coefficient (Wildman–Crippen LogP) is 2.85. The van der Waals surface area contributed by atoms with Gasteiger partial charge in [-0.1, -0.05) is 0 Å². The molecule has 1 aromatic heterocycles. The Balaban J connectivity index is 1.34. The summed E-state index contributed by atoms with van der Waals surface area (Å²) in [7, 11) is -3.58. The lowest BCUT2D eigenvalue weighted by Crippen LogP contribution is -2.34. The minimum Gasteiger partial charge on any atom is -0.493 e. The monoisotopic (exact) mass is 418 g/mol. The van der Waals surface area contributed by atoms with Crippen LogP contribution >= 0.6 is 0 Å². The molecule has 4 aliphatic carbocycles. The lowest BCUT2D eigenvalue weighted by atomic mass is 9.80. The Morgan fingerprint density at radius 3 is 2.45 bits per heavy atom. The minimum absolute atomic E-state index is 0.0947. The third-order valence-electron chi connectivity index (χ3n) is 7.11. The molecule has 0 unspecified atom stereocenters. The van der Waals surface area contributed by atoms with Gasteiger partial charge in [-0.2, -0.15) is 0 Å². The van der Waals surface area contributed by atoms with Crippen LogP contribution in [0.25, 0.3) is 0 Å². The summed E-state index contributed by atoms with van der Waals surface area (Å²) in [5.74, 6) is 1.58.